The van der Waals surface area contributed by atoms with E-state index in [9.17, 15) is 10.4 Å². The first-order valence-electron chi connectivity index (χ1n) is 11.6. The Bertz CT molecular complexity index is 1580. The molecule has 0 amide bonds. The zero-order chi connectivity index (χ0) is 24.7. The van der Waals surface area contributed by atoms with Crippen LogP contribution in [-0.2, 0) is 5.41 Å². The normalized spacial score (nSPS) is 11.5. The third kappa shape index (κ3) is 3.83. The van der Waals surface area contributed by atoms with Gasteiger partial charge in [0.05, 0.1) is 28.0 Å². The number of fused-ring (bicyclic) bond motifs is 1. The van der Waals surface area contributed by atoms with E-state index in [1.165, 1.54) is 5.56 Å². The van der Waals surface area contributed by atoms with Crippen LogP contribution in [-0.4, -0.2) is 19.9 Å². The van der Waals surface area contributed by atoms with Crippen LogP contribution < -0.4 is 0 Å². The van der Waals surface area contributed by atoms with Gasteiger partial charge >= 0.3 is 0 Å². The number of rotatable bonds is 3. The van der Waals surface area contributed by atoms with Gasteiger partial charge in [-0.1, -0.05) is 81.4 Å². The maximum atomic E-state index is 10.8. The van der Waals surface area contributed by atoms with Gasteiger partial charge in [0.1, 0.15) is 11.8 Å². The van der Waals surface area contributed by atoms with Crippen molar-refractivity contribution in [3.8, 4) is 39.9 Å². The molecule has 172 valence electrons. The lowest BCUT2D eigenvalue weighted by molar-refractivity contribution is 0.477. The highest BCUT2D eigenvalue weighted by Gasteiger charge is 2.25. The Hall–Kier alpha value is -4.43. The van der Waals surface area contributed by atoms with Gasteiger partial charge in [0, 0.05) is 16.7 Å². The number of aryl methyl sites for hydroxylation is 1. The third-order valence-corrected chi connectivity index (χ3v) is 6.30. The molecule has 0 aliphatic rings. The topological polar surface area (TPSA) is 74.7 Å². The summed E-state index contributed by atoms with van der Waals surface area (Å²) >= 11 is 0. The van der Waals surface area contributed by atoms with Crippen LogP contribution in [0, 0.1) is 18.3 Å². The van der Waals surface area contributed by atoms with Gasteiger partial charge < -0.3 is 5.11 Å². The van der Waals surface area contributed by atoms with Crippen LogP contribution in [0.2, 0.25) is 0 Å². The second-order valence-electron chi connectivity index (χ2n) is 9.70. The molecule has 5 heteroatoms. The lowest BCUT2D eigenvalue weighted by atomic mass is 9.86. The Morgan fingerprint density at radius 2 is 1.54 bits per heavy atom. The van der Waals surface area contributed by atoms with Crippen LogP contribution in [0.15, 0.2) is 78.9 Å². The van der Waals surface area contributed by atoms with Gasteiger partial charge in [0.15, 0.2) is 5.65 Å². The molecule has 0 saturated carbocycles. The average molecular weight is 459 g/mol. The smallest absolute Gasteiger partial charge is 0.164 e. The Morgan fingerprint density at radius 3 is 2.17 bits per heavy atom. The maximum Gasteiger partial charge on any atom is 0.164 e. The van der Waals surface area contributed by atoms with Gasteiger partial charge in [-0.2, -0.15) is 10.4 Å². The molecule has 0 fully saturated rings. The molecule has 0 saturated heterocycles. The number of aromatic nitrogens is 3. The number of hydrogen-bond donors (Lipinski definition) is 1. The molecule has 5 nitrogen and oxygen atoms in total. The molecule has 0 radical (unpaired) electrons. The minimum atomic E-state index is 0.0119. The quantitative estimate of drug-likeness (QED) is 0.318. The Kier molecular flexibility index (Phi) is 5.37. The van der Waals surface area contributed by atoms with E-state index in [0.717, 1.165) is 22.3 Å². The molecule has 5 aromatic rings. The number of aromatic hydroxyl groups is 1. The number of phenolic OH excluding ortho intramolecular Hbond substituents is 1. The van der Waals surface area contributed by atoms with Gasteiger partial charge in [-0.3, -0.25) is 0 Å². The van der Waals surface area contributed by atoms with E-state index in [1.54, 1.807) is 12.1 Å². The van der Waals surface area contributed by atoms with Crippen molar-refractivity contribution in [2.75, 3.05) is 0 Å². The van der Waals surface area contributed by atoms with Crippen molar-refractivity contribution >= 4 is 11.0 Å². The lowest BCUT2D eigenvalue weighted by Crippen LogP contribution is -2.10. The van der Waals surface area contributed by atoms with E-state index in [0.29, 0.717) is 28.0 Å². The van der Waals surface area contributed by atoms with Crippen LogP contribution in [0.5, 0.6) is 5.75 Å². The summed E-state index contributed by atoms with van der Waals surface area (Å²) in [6.45, 7) is 8.42. The largest absolute Gasteiger partial charge is 0.507 e. The molecule has 0 bridgehead atoms. The van der Waals surface area contributed by atoms with E-state index < -0.39 is 0 Å². The first-order valence-corrected chi connectivity index (χ1v) is 11.6. The summed E-state index contributed by atoms with van der Waals surface area (Å²) in [5.41, 5.74) is 6.51. The first-order chi connectivity index (χ1) is 16.8. The Balaban J connectivity index is 1.89. The van der Waals surface area contributed by atoms with Gasteiger partial charge in [-0.05, 0) is 36.1 Å². The molecular weight excluding hydrogens is 432 g/mol. The number of hydrogen-bond acceptors (Lipinski definition) is 4. The molecule has 5 rings (SSSR count). The summed E-state index contributed by atoms with van der Waals surface area (Å²) in [5.74, 6) is 0.109. The number of para-hydroxylation sites is 2. The fraction of sp³-hybridized carbons (Fsp3) is 0.167. The van der Waals surface area contributed by atoms with Crippen molar-refractivity contribution in [3.05, 3.63) is 95.7 Å². The van der Waals surface area contributed by atoms with Crippen LogP contribution in [0.3, 0.4) is 0 Å². The zero-order valence-electron chi connectivity index (χ0n) is 20.2. The molecule has 2 aromatic heterocycles. The van der Waals surface area contributed by atoms with Crippen molar-refractivity contribution in [1.29, 1.82) is 5.26 Å². The minimum Gasteiger partial charge on any atom is -0.507 e. The van der Waals surface area contributed by atoms with Gasteiger partial charge in [-0.15, -0.1) is 0 Å². The Labute approximate surface area is 204 Å². The third-order valence-electron chi connectivity index (χ3n) is 6.30. The van der Waals surface area contributed by atoms with Gasteiger partial charge in [0.25, 0.3) is 0 Å². The van der Waals surface area contributed by atoms with Crippen molar-refractivity contribution < 1.29 is 5.11 Å². The molecule has 35 heavy (non-hydrogen) atoms. The molecule has 0 spiro atoms. The summed E-state index contributed by atoms with van der Waals surface area (Å²) in [4.78, 5) is 5.02. The predicted octanol–water partition coefficient (Wildman–Crippen LogP) is 6.94. The second-order valence-corrected chi connectivity index (χ2v) is 9.70. The van der Waals surface area contributed by atoms with E-state index in [4.69, 9.17) is 10.1 Å². The molecule has 0 aliphatic carbocycles. The van der Waals surface area contributed by atoms with Gasteiger partial charge in [0.2, 0.25) is 0 Å². The molecule has 0 atom stereocenters. The van der Waals surface area contributed by atoms with Crippen molar-refractivity contribution in [1.82, 2.24) is 14.8 Å². The highest BCUT2D eigenvalue weighted by atomic mass is 16.3. The van der Waals surface area contributed by atoms with Crippen molar-refractivity contribution in [2.24, 2.45) is 0 Å². The summed E-state index contributed by atoms with van der Waals surface area (Å²) in [5, 5.41) is 26.7. The number of benzene rings is 3. The fourth-order valence-electron chi connectivity index (χ4n) is 4.47. The zero-order valence-corrected chi connectivity index (χ0v) is 20.2. The number of nitrogens with zero attached hydrogens (tertiary/aromatic N) is 4. The molecule has 2 heterocycles. The van der Waals surface area contributed by atoms with E-state index in [2.05, 4.69) is 39.0 Å². The summed E-state index contributed by atoms with van der Waals surface area (Å²) in [6.07, 6.45) is 0. The van der Waals surface area contributed by atoms with Crippen LogP contribution in [0.4, 0.5) is 0 Å². The molecule has 0 unspecified atom stereocenters. The lowest BCUT2D eigenvalue weighted by Gasteiger charge is -2.19. The molecule has 1 N–H and O–H groups in total. The monoisotopic (exact) mass is 458 g/mol. The maximum absolute atomic E-state index is 10.8. The van der Waals surface area contributed by atoms with E-state index in [-0.39, 0.29) is 11.2 Å². The highest BCUT2D eigenvalue weighted by Crippen LogP contribution is 2.42. The Morgan fingerprint density at radius 1 is 0.886 bits per heavy atom. The van der Waals surface area contributed by atoms with Crippen molar-refractivity contribution in [3.63, 3.8) is 0 Å². The summed E-state index contributed by atoms with van der Waals surface area (Å²) in [7, 11) is 0. The molecular formula is C30H26N4O. The number of nitriles is 1. The van der Waals surface area contributed by atoms with E-state index in [1.807, 2.05) is 66.2 Å². The van der Waals surface area contributed by atoms with Crippen LogP contribution in [0.25, 0.3) is 39.1 Å². The minimum absolute atomic E-state index is 0.0119. The SMILES string of the molecule is Cc1nn(-c2ccccc2)c2nc(-c3ccc(C(C)(C)C)cc3)c(C#N)c(-c3ccccc3O)c12. The van der Waals surface area contributed by atoms with Gasteiger partial charge in [-0.25, -0.2) is 9.67 Å². The number of phenols is 1. The summed E-state index contributed by atoms with van der Waals surface area (Å²) in [6, 6.07) is 27.5. The fourth-order valence-corrected chi connectivity index (χ4v) is 4.47. The standard InChI is InChI=1S/C30H26N4O/c1-19-26-27(23-12-8-9-13-25(23)35)24(18-31)28(20-14-16-21(17-15-20)30(2,3)4)32-29(26)34(33-19)22-10-6-5-7-11-22/h5-17,35H,1-4H3. The first kappa shape index (κ1) is 22.4. The van der Waals surface area contributed by atoms with E-state index >= 15 is 0 Å². The molecule has 0 aliphatic heterocycles. The summed E-state index contributed by atoms with van der Waals surface area (Å²) < 4.78 is 1.81. The molecule has 3 aromatic carbocycles. The second kappa shape index (κ2) is 8.41. The highest BCUT2D eigenvalue weighted by molar-refractivity contribution is 6.02. The van der Waals surface area contributed by atoms with Crippen LogP contribution in [0.1, 0.15) is 37.6 Å². The average Bonchev–Trinajstić information content (AvgIpc) is 3.19. The number of pyridine rings is 1. The predicted molar refractivity (Wildman–Crippen MR) is 140 cm³/mol. The van der Waals surface area contributed by atoms with Crippen LogP contribution >= 0.6 is 0 Å². The van der Waals surface area contributed by atoms with Crippen molar-refractivity contribution in [2.45, 2.75) is 33.1 Å².